The fourth-order valence-corrected chi connectivity index (χ4v) is 21.2. The van der Waals surface area contributed by atoms with Gasteiger partial charge in [0.05, 0.1) is 48.8 Å². The summed E-state index contributed by atoms with van der Waals surface area (Å²) in [5.74, 6) is 0. The van der Waals surface area contributed by atoms with E-state index in [0.717, 1.165) is 61.3 Å². The van der Waals surface area contributed by atoms with E-state index in [4.69, 9.17) is 4.42 Å². The number of fused-ring (bicyclic) bond motifs is 33. The molecule has 6 aromatic heterocycles. The highest BCUT2D eigenvalue weighted by atomic mass is 32.1. The van der Waals surface area contributed by atoms with E-state index in [9.17, 15) is 0 Å². The minimum absolute atomic E-state index is 0.899. The van der Waals surface area contributed by atoms with Crippen molar-refractivity contribution in [3.8, 4) is 78.4 Å². The third-order valence-corrected chi connectivity index (χ3v) is 25.4. The van der Waals surface area contributed by atoms with E-state index in [-0.39, 0.29) is 0 Å². The van der Waals surface area contributed by atoms with Crippen molar-refractivity contribution in [1.29, 1.82) is 0 Å². The lowest BCUT2D eigenvalue weighted by Gasteiger charge is -2.13. The van der Waals surface area contributed by atoms with Crippen molar-refractivity contribution in [2.24, 2.45) is 0 Å². The molecule has 0 bridgehead atoms. The Morgan fingerprint density at radius 1 is 0.217 bits per heavy atom. The predicted molar refractivity (Wildman–Crippen MR) is 448 cm³/mol. The number of furan rings is 1. The number of para-hydroxylation sites is 4. The van der Waals surface area contributed by atoms with Gasteiger partial charge < -0.3 is 22.7 Å². The lowest BCUT2D eigenvalue weighted by Crippen LogP contribution is -1.97. The zero-order chi connectivity index (χ0) is 68.5. The molecule has 6 heteroatoms. The first-order valence-corrected chi connectivity index (χ1v) is 37.4. The summed E-state index contributed by atoms with van der Waals surface area (Å²) in [6, 6.07) is 123. The summed E-state index contributed by atoms with van der Waals surface area (Å²) in [7, 11) is 0. The maximum Gasteiger partial charge on any atom is 0.136 e. The number of hydrogen-bond acceptors (Lipinski definition) is 2. The topological polar surface area (TPSA) is 32.9 Å². The van der Waals surface area contributed by atoms with Crippen LogP contribution in [0, 0.1) is 0 Å². The molecule has 0 atom stereocenters. The van der Waals surface area contributed by atoms with Crippen LogP contribution in [0.3, 0.4) is 0 Å². The van der Waals surface area contributed by atoms with Crippen molar-refractivity contribution in [3.05, 3.63) is 328 Å². The SMILES string of the molecule is c1cc2c3c(cccc3c1)-c1c-2ccc2c1c1ccccc1n2-c1ccc(-n2c3cc(-c4ccc5sc6c(c5c4)c4ccccc4c4c5ccccc5n(-c5ccc(-n7c8ccccc8c8c9c(ccc87)-c7cccc8cccc-9c78)cc5)c64)ccc3c3c4ccc5oc6ccccc6c5c4ccc32)cc1. The largest absolute Gasteiger partial charge is 0.456 e. The molecule has 0 aliphatic heterocycles. The summed E-state index contributed by atoms with van der Waals surface area (Å²) in [6.45, 7) is 0. The van der Waals surface area contributed by atoms with E-state index >= 15 is 0 Å². The van der Waals surface area contributed by atoms with E-state index in [0.29, 0.717) is 0 Å². The van der Waals surface area contributed by atoms with Gasteiger partial charge in [0.25, 0.3) is 0 Å². The molecule has 18 aromatic carbocycles. The van der Waals surface area contributed by atoms with Crippen LogP contribution in [-0.2, 0) is 0 Å². The zero-order valence-electron chi connectivity index (χ0n) is 56.8. The normalized spacial score (nSPS) is 12.7. The van der Waals surface area contributed by atoms with Gasteiger partial charge in [0.2, 0.25) is 0 Å². The zero-order valence-corrected chi connectivity index (χ0v) is 57.6. The van der Waals surface area contributed by atoms with Gasteiger partial charge in [-0.15, -0.1) is 11.3 Å². The minimum atomic E-state index is 0.899. The predicted octanol–water partition coefficient (Wildman–Crippen LogP) is 27.9. The summed E-state index contributed by atoms with van der Waals surface area (Å²) in [4.78, 5) is 0. The van der Waals surface area contributed by atoms with Crippen molar-refractivity contribution in [2.45, 2.75) is 0 Å². The van der Waals surface area contributed by atoms with E-state index in [1.165, 1.54) is 190 Å². The highest BCUT2D eigenvalue weighted by molar-refractivity contribution is 7.27. The molecular weight excluding hydrogens is 1310 g/mol. The molecule has 24 aromatic rings. The Balaban J connectivity index is 0.650. The van der Waals surface area contributed by atoms with Gasteiger partial charge in [-0.1, -0.05) is 206 Å². The van der Waals surface area contributed by atoms with Gasteiger partial charge in [0.1, 0.15) is 11.2 Å². The lowest BCUT2D eigenvalue weighted by atomic mass is 9.96. The number of hydrogen-bond donors (Lipinski definition) is 0. The Kier molecular flexibility index (Phi) is 10.6. The number of benzene rings is 18. The van der Waals surface area contributed by atoms with Gasteiger partial charge in [-0.05, 0) is 209 Å². The highest BCUT2D eigenvalue weighted by Gasteiger charge is 2.31. The summed E-state index contributed by atoms with van der Waals surface area (Å²) in [5, 5.41) is 25.1. The summed E-state index contributed by atoms with van der Waals surface area (Å²) in [5.41, 5.74) is 28.7. The average Bonchev–Trinajstić information content (AvgIpc) is 1.54. The van der Waals surface area contributed by atoms with Crippen LogP contribution in [0.15, 0.2) is 332 Å². The molecule has 0 saturated carbocycles. The number of rotatable bonds is 5. The van der Waals surface area contributed by atoms with Crippen LogP contribution in [0.2, 0.25) is 0 Å². The summed E-state index contributed by atoms with van der Waals surface area (Å²) < 4.78 is 19.1. The van der Waals surface area contributed by atoms with Crippen molar-refractivity contribution in [2.75, 3.05) is 0 Å². The fourth-order valence-electron chi connectivity index (χ4n) is 20.0. The smallest absolute Gasteiger partial charge is 0.136 e. The molecular formula is C100H54N4OS. The van der Waals surface area contributed by atoms with Crippen LogP contribution in [0.5, 0.6) is 0 Å². The van der Waals surface area contributed by atoms with Gasteiger partial charge in [-0.2, -0.15) is 0 Å². The molecule has 486 valence electrons. The molecule has 0 N–H and O–H groups in total. The standard InChI is InChI=1S/C100H54N4OS/c1-2-20-66-65(19-1)95-71-21-3-9-31-81(71)104(62-41-39-60(40-42-62)102-80-30-8-5-23-73(80)98-84(102)50-46-70-64-26-12-16-56-18-14-28-77(90(56)64)94(70)98)99(95)100-96(66)78-53-57(34-52-88(78)106-100)58-33-43-74-85(54-58)103(82-48-44-68-67(91(74)82)47-51-87-92(68)75-24-6-10-32-86(75)105-87)61-37-35-59(36-38-61)101-79-29-7-4-22-72(79)97-83(101)49-45-69-63-25-11-15-55-17-13-27-76(89(55)63)93(69)97/h1-54H. The summed E-state index contributed by atoms with van der Waals surface area (Å²) in [6.07, 6.45) is 0. The van der Waals surface area contributed by atoms with E-state index in [1.54, 1.807) is 0 Å². The quantitative estimate of drug-likeness (QED) is 0.169. The van der Waals surface area contributed by atoms with E-state index < -0.39 is 0 Å². The first kappa shape index (κ1) is 55.8. The third-order valence-electron chi connectivity index (χ3n) is 24.2. The Morgan fingerprint density at radius 2 is 0.642 bits per heavy atom. The van der Waals surface area contributed by atoms with Crippen molar-refractivity contribution in [3.63, 3.8) is 0 Å². The van der Waals surface area contributed by atoms with Crippen LogP contribution < -0.4 is 0 Å². The second-order valence-corrected chi connectivity index (χ2v) is 30.3. The number of aromatic nitrogens is 4. The molecule has 26 rings (SSSR count). The molecule has 2 aliphatic carbocycles. The molecule has 0 fully saturated rings. The molecule has 0 amide bonds. The van der Waals surface area contributed by atoms with Crippen LogP contribution in [0.4, 0.5) is 0 Å². The van der Waals surface area contributed by atoms with Gasteiger partial charge >= 0.3 is 0 Å². The first-order chi connectivity index (χ1) is 52.6. The Morgan fingerprint density at radius 3 is 1.25 bits per heavy atom. The molecule has 0 radical (unpaired) electrons. The van der Waals surface area contributed by atoms with Crippen molar-refractivity contribution >= 4 is 184 Å². The third kappa shape index (κ3) is 7.05. The maximum atomic E-state index is 6.53. The van der Waals surface area contributed by atoms with E-state index in [1.807, 2.05) is 11.3 Å². The Bertz CT molecular complexity index is 8180. The van der Waals surface area contributed by atoms with Crippen molar-refractivity contribution in [1.82, 2.24) is 18.3 Å². The minimum Gasteiger partial charge on any atom is -0.456 e. The van der Waals surface area contributed by atoms with Gasteiger partial charge in [-0.3, -0.25) is 0 Å². The molecule has 6 heterocycles. The van der Waals surface area contributed by atoms with Gasteiger partial charge in [-0.25, -0.2) is 0 Å². The molecule has 0 spiro atoms. The Hall–Kier alpha value is -13.8. The fraction of sp³-hybridized carbons (Fsp3) is 0. The molecule has 2 aliphatic rings. The Labute approximate surface area is 608 Å². The number of thiophene rings is 1. The van der Waals surface area contributed by atoms with Crippen LogP contribution in [-0.4, -0.2) is 18.3 Å². The second kappa shape index (κ2) is 20.1. The number of nitrogens with zero attached hydrogens (tertiary/aromatic N) is 4. The monoisotopic (exact) mass is 1360 g/mol. The lowest BCUT2D eigenvalue weighted by molar-refractivity contribution is 0.669. The first-order valence-electron chi connectivity index (χ1n) is 36.6. The van der Waals surface area contributed by atoms with Crippen LogP contribution in [0.25, 0.3) is 251 Å². The second-order valence-electron chi connectivity index (χ2n) is 29.2. The van der Waals surface area contributed by atoms with Crippen LogP contribution in [0.1, 0.15) is 0 Å². The average molecular weight is 1360 g/mol. The van der Waals surface area contributed by atoms with Crippen LogP contribution >= 0.6 is 11.3 Å². The molecule has 106 heavy (non-hydrogen) atoms. The molecule has 0 unspecified atom stereocenters. The van der Waals surface area contributed by atoms with Gasteiger partial charge in [0.15, 0.2) is 0 Å². The van der Waals surface area contributed by atoms with Gasteiger partial charge in [0, 0.05) is 103 Å². The highest BCUT2D eigenvalue weighted by Crippen LogP contribution is 2.56. The molecule has 0 saturated heterocycles. The summed E-state index contributed by atoms with van der Waals surface area (Å²) >= 11 is 1.91. The molecule has 5 nitrogen and oxygen atoms in total. The maximum absolute atomic E-state index is 6.53. The van der Waals surface area contributed by atoms with E-state index in [2.05, 4.69) is 346 Å². The van der Waals surface area contributed by atoms with Crippen molar-refractivity contribution < 1.29 is 4.42 Å².